The summed E-state index contributed by atoms with van der Waals surface area (Å²) in [7, 11) is 0. The van der Waals surface area contributed by atoms with Crippen LogP contribution in [0.3, 0.4) is 0 Å². The van der Waals surface area contributed by atoms with Gasteiger partial charge in [0.2, 0.25) is 0 Å². The molecule has 0 spiro atoms. The van der Waals surface area contributed by atoms with Crippen LogP contribution in [0.5, 0.6) is 0 Å². The summed E-state index contributed by atoms with van der Waals surface area (Å²) in [6.45, 7) is 0. The van der Waals surface area contributed by atoms with E-state index in [9.17, 15) is 0 Å². The van der Waals surface area contributed by atoms with Gasteiger partial charge in [0, 0.05) is 0 Å². The Balaban J connectivity index is 0. The fourth-order valence-corrected chi connectivity index (χ4v) is 0. The van der Waals surface area contributed by atoms with Gasteiger partial charge in [-0.05, 0) is 0 Å². The monoisotopic (exact) mass is 710 g/mol. The molecule has 0 atom stereocenters. The van der Waals surface area contributed by atoms with E-state index in [4.69, 9.17) is 0 Å². The Morgan fingerprint density at radius 1 is 0.455 bits per heavy atom. The van der Waals surface area contributed by atoms with Crippen LogP contribution in [0.4, 0.5) is 0 Å². The predicted octanol–water partition coefficient (Wildman–Crippen LogP) is -1.51. The third-order valence-corrected chi connectivity index (χ3v) is 0. The summed E-state index contributed by atoms with van der Waals surface area (Å²) in [5, 5.41) is 0. The van der Waals surface area contributed by atoms with Gasteiger partial charge in [0.1, 0.15) is 0 Å². The van der Waals surface area contributed by atoms with Crippen molar-refractivity contribution < 1.29 is 120 Å². The second kappa shape index (κ2) is 108. The van der Waals surface area contributed by atoms with E-state index < -0.39 is 0 Å². The van der Waals surface area contributed by atoms with Gasteiger partial charge in [0.15, 0.2) is 0 Å². The number of rotatable bonds is 0. The molecule has 0 radical (unpaired) electrons. The molecular weight excluding hydrogens is 717 g/mol. The molecule has 0 aromatic heterocycles. The molecule has 0 aromatic rings. The smallest absolute Gasteiger partial charge is 2.00 e. The van der Waals surface area contributed by atoms with E-state index in [-0.39, 0.29) is 189 Å². The first-order valence-corrected chi connectivity index (χ1v) is 0. The molecule has 0 unspecified atom stereocenters. The van der Waals surface area contributed by atoms with Gasteiger partial charge in [-0.1, -0.05) is 0 Å². The van der Waals surface area contributed by atoms with Gasteiger partial charge in [-0.25, -0.2) is 0 Å². The van der Waals surface area contributed by atoms with Crippen molar-refractivity contribution in [3.8, 4) is 0 Å². The van der Waals surface area contributed by atoms with Crippen LogP contribution in [0.25, 0.3) is 0 Å². The topological polar surface area (TPSA) is 85.5 Å². The van der Waals surface area contributed by atoms with Crippen molar-refractivity contribution in [1.29, 1.82) is 0 Å². The zero-order valence-electron chi connectivity index (χ0n) is 5.68. The van der Waals surface area contributed by atoms with E-state index in [1.165, 1.54) is 0 Å². The summed E-state index contributed by atoms with van der Waals surface area (Å²) < 4.78 is 0. The van der Waals surface area contributed by atoms with Crippen LogP contribution in [-0.2, 0) is 120 Å². The van der Waals surface area contributed by atoms with Gasteiger partial charge in [0.25, 0.3) is 0 Å². The van der Waals surface area contributed by atoms with Crippen LogP contribution < -0.4 is 0 Å². The van der Waals surface area contributed by atoms with Gasteiger partial charge < -0.3 is 16.4 Å². The van der Waals surface area contributed by atoms with Crippen LogP contribution in [0.2, 0.25) is 0 Å². The Kier molecular flexibility index (Phi) is 1280. The molecule has 0 fully saturated rings. The molecule has 11 heteroatoms. The van der Waals surface area contributed by atoms with Crippen molar-refractivity contribution in [1.82, 2.24) is 0 Å². The van der Waals surface area contributed by atoms with Crippen molar-refractivity contribution in [2.75, 3.05) is 0 Å². The summed E-state index contributed by atoms with van der Waals surface area (Å²) in [5.41, 5.74) is 0. The van der Waals surface area contributed by atoms with Crippen LogP contribution in [0.1, 0.15) is 0 Å². The molecule has 0 bridgehead atoms. The SMILES string of the molecule is [Ag+].[Ag+].[Al+3].[In+3].[In+3].[O-2].[O-2].[O-2].[Zn+2].[Zn+2].[Zn+2]. The minimum atomic E-state index is 0. The molecular formula is Ag2AlIn2O3Zn3+11. The standard InChI is InChI=1S/2Ag.Al.2In.3O.3Zn/q2*+1;3*+3;3*-2;3*+2. The maximum Gasteiger partial charge on any atom is 3.00 e. The molecule has 0 saturated carbocycles. The predicted molar refractivity (Wildman–Crippen MR) is 19.3 cm³/mol. The van der Waals surface area contributed by atoms with E-state index in [0.717, 1.165) is 0 Å². The molecule has 3 nitrogen and oxygen atoms in total. The number of hydrogen-bond donors (Lipinski definition) is 0. The van der Waals surface area contributed by atoms with Crippen molar-refractivity contribution >= 4 is 69.0 Å². The second-order valence-electron chi connectivity index (χ2n) is 0. The molecule has 0 aliphatic rings. The summed E-state index contributed by atoms with van der Waals surface area (Å²) in [5.74, 6) is 0. The molecule has 0 aliphatic carbocycles. The number of hydrogen-bond acceptors (Lipinski definition) is 0. The maximum absolute atomic E-state index is 0. The Labute approximate surface area is 184 Å². The maximum atomic E-state index is 0. The zero-order valence-corrected chi connectivity index (χ0v) is 25.3. The molecule has 0 N–H and O–H groups in total. The summed E-state index contributed by atoms with van der Waals surface area (Å²) >= 11 is 0. The van der Waals surface area contributed by atoms with Gasteiger partial charge in [-0.3, -0.25) is 0 Å². The second-order valence-corrected chi connectivity index (χ2v) is 0. The quantitative estimate of drug-likeness (QED) is 0.274. The third-order valence-electron chi connectivity index (χ3n) is 0. The van der Waals surface area contributed by atoms with E-state index in [1.807, 2.05) is 0 Å². The summed E-state index contributed by atoms with van der Waals surface area (Å²) in [6.07, 6.45) is 0. The van der Waals surface area contributed by atoms with Crippen molar-refractivity contribution in [3.05, 3.63) is 0 Å². The van der Waals surface area contributed by atoms with Crippen LogP contribution in [0, 0.1) is 0 Å². The molecule has 0 saturated heterocycles. The average Bonchev–Trinajstić information content (AvgIpc) is 0. The summed E-state index contributed by atoms with van der Waals surface area (Å²) in [4.78, 5) is 0. The minimum Gasteiger partial charge on any atom is -2.00 e. The minimum absolute atomic E-state index is 0. The third kappa shape index (κ3) is 93.3. The van der Waals surface area contributed by atoms with Gasteiger partial charge >= 0.3 is 172 Å². The largest absolute Gasteiger partial charge is 3.00 e. The average molecular weight is 717 g/mol. The molecule has 44 valence electrons. The first-order chi connectivity index (χ1) is 0. The Morgan fingerprint density at radius 2 is 0.455 bits per heavy atom. The molecule has 0 heterocycles. The van der Waals surface area contributed by atoms with E-state index in [2.05, 4.69) is 0 Å². The molecule has 0 amide bonds. The zero-order chi connectivity index (χ0) is 0. The molecule has 0 aromatic carbocycles. The van der Waals surface area contributed by atoms with Crippen LogP contribution in [-0.4, -0.2) is 69.0 Å². The fourth-order valence-electron chi connectivity index (χ4n) is 0. The molecule has 0 rings (SSSR count). The summed E-state index contributed by atoms with van der Waals surface area (Å²) in [6, 6.07) is 0. The van der Waals surface area contributed by atoms with Gasteiger partial charge in [0.05, 0.1) is 0 Å². The Hall–Kier alpha value is 5.50. The van der Waals surface area contributed by atoms with E-state index >= 15 is 0 Å². The fraction of sp³-hybridized carbons (Fsp3) is 0. The first kappa shape index (κ1) is 131. The van der Waals surface area contributed by atoms with Crippen LogP contribution in [0.15, 0.2) is 0 Å². The van der Waals surface area contributed by atoms with Gasteiger partial charge in [-0.15, -0.1) is 0 Å². The van der Waals surface area contributed by atoms with Gasteiger partial charge in [-0.2, -0.15) is 0 Å². The van der Waals surface area contributed by atoms with Crippen LogP contribution >= 0.6 is 0 Å². The van der Waals surface area contributed by atoms with Crippen molar-refractivity contribution in [3.63, 3.8) is 0 Å². The van der Waals surface area contributed by atoms with Crippen molar-refractivity contribution in [2.45, 2.75) is 0 Å². The van der Waals surface area contributed by atoms with E-state index in [0.29, 0.717) is 0 Å². The van der Waals surface area contributed by atoms with E-state index in [1.54, 1.807) is 0 Å². The first-order valence-electron chi connectivity index (χ1n) is 0. The molecule has 0 aliphatic heterocycles. The normalized spacial score (nSPS) is 0. The Bertz CT molecular complexity index is 24.5. The Morgan fingerprint density at radius 3 is 0.455 bits per heavy atom. The molecule has 11 heavy (non-hydrogen) atoms. The van der Waals surface area contributed by atoms with Crippen molar-refractivity contribution in [2.24, 2.45) is 0 Å².